The number of nitrogens with zero attached hydrogens (tertiary/aromatic N) is 4. The SMILES string of the molecule is COCCNC(=O)c1cnn(-c2ccc([N+](=O)[O-])cc2)c1C1CCN(C(=O)OC(C)(C)C)CC1. The van der Waals surface area contributed by atoms with Crippen LogP contribution in [0.4, 0.5) is 10.5 Å². The maximum Gasteiger partial charge on any atom is 0.410 e. The molecule has 0 atom stereocenters. The number of nitrogens with one attached hydrogen (secondary N) is 1. The first-order valence-corrected chi connectivity index (χ1v) is 11.2. The third-order valence-corrected chi connectivity index (χ3v) is 5.48. The van der Waals surface area contributed by atoms with Crippen molar-refractivity contribution in [1.29, 1.82) is 0 Å². The zero-order valence-corrected chi connectivity index (χ0v) is 19.9. The van der Waals surface area contributed by atoms with Gasteiger partial charge in [-0.15, -0.1) is 0 Å². The van der Waals surface area contributed by atoms with Crippen LogP contribution in [0.3, 0.4) is 0 Å². The molecular formula is C23H31N5O6. The summed E-state index contributed by atoms with van der Waals surface area (Å²) in [6, 6.07) is 6.03. The molecule has 2 amide bonds. The molecule has 1 aromatic carbocycles. The average Bonchev–Trinajstić information content (AvgIpc) is 3.23. The van der Waals surface area contributed by atoms with Gasteiger partial charge >= 0.3 is 6.09 Å². The van der Waals surface area contributed by atoms with E-state index in [1.165, 1.54) is 18.3 Å². The van der Waals surface area contributed by atoms with Crippen molar-refractivity contribution in [2.24, 2.45) is 0 Å². The van der Waals surface area contributed by atoms with Crippen molar-refractivity contribution < 1.29 is 24.0 Å². The van der Waals surface area contributed by atoms with Crippen molar-refractivity contribution in [3.05, 3.63) is 51.8 Å². The Morgan fingerprint density at radius 1 is 1.21 bits per heavy atom. The van der Waals surface area contributed by atoms with Crippen molar-refractivity contribution in [3.63, 3.8) is 0 Å². The van der Waals surface area contributed by atoms with E-state index in [-0.39, 0.29) is 23.6 Å². The molecule has 0 radical (unpaired) electrons. The summed E-state index contributed by atoms with van der Waals surface area (Å²) >= 11 is 0. The number of carbonyl (C=O) groups excluding carboxylic acids is 2. The van der Waals surface area contributed by atoms with E-state index in [2.05, 4.69) is 10.4 Å². The number of hydrogen-bond acceptors (Lipinski definition) is 7. The van der Waals surface area contributed by atoms with Gasteiger partial charge in [0.25, 0.3) is 11.6 Å². The molecule has 0 spiro atoms. The Balaban J connectivity index is 1.86. The van der Waals surface area contributed by atoms with Crippen molar-refractivity contribution >= 4 is 17.7 Å². The predicted octanol–water partition coefficient (Wildman–Crippen LogP) is 3.27. The number of nitro groups is 1. The molecule has 184 valence electrons. The van der Waals surface area contributed by atoms with Crippen molar-refractivity contribution in [1.82, 2.24) is 20.0 Å². The lowest BCUT2D eigenvalue weighted by atomic mass is 9.91. The smallest absolute Gasteiger partial charge is 0.410 e. The summed E-state index contributed by atoms with van der Waals surface area (Å²) in [5.41, 5.74) is 1.17. The minimum atomic E-state index is -0.573. The molecule has 0 aliphatic carbocycles. The molecule has 1 N–H and O–H groups in total. The lowest BCUT2D eigenvalue weighted by molar-refractivity contribution is -0.384. The first-order chi connectivity index (χ1) is 16.1. The molecule has 3 rings (SSSR count). The number of ether oxygens (including phenoxy) is 2. The number of amides is 2. The number of carbonyl (C=O) groups is 2. The average molecular weight is 474 g/mol. The largest absolute Gasteiger partial charge is 0.444 e. The number of non-ortho nitro benzene ring substituents is 1. The third kappa shape index (κ3) is 6.10. The van der Waals surface area contributed by atoms with Crippen LogP contribution in [0.1, 0.15) is 55.6 Å². The van der Waals surface area contributed by atoms with Crippen LogP contribution in [0.2, 0.25) is 0 Å². The molecule has 11 nitrogen and oxygen atoms in total. The predicted molar refractivity (Wildman–Crippen MR) is 124 cm³/mol. The van der Waals surface area contributed by atoms with E-state index in [1.807, 2.05) is 20.8 Å². The maximum atomic E-state index is 12.9. The van der Waals surface area contributed by atoms with E-state index in [4.69, 9.17) is 9.47 Å². The van der Waals surface area contributed by atoms with E-state index in [0.717, 1.165) is 0 Å². The Morgan fingerprint density at radius 2 is 1.85 bits per heavy atom. The first-order valence-electron chi connectivity index (χ1n) is 11.2. The van der Waals surface area contributed by atoms with Gasteiger partial charge in [-0.3, -0.25) is 14.9 Å². The van der Waals surface area contributed by atoms with E-state index < -0.39 is 10.5 Å². The van der Waals surface area contributed by atoms with Crippen LogP contribution in [0.25, 0.3) is 5.69 Å². The fourth-order valence-corrected chi connectivity index (χ4v) is 3.87. The van der Waals surface area contributed by atoms with Crippen LogP contribution in [-0.4, -0.2) is 70.6 Å². The number of likely N-dealkylation sites (tertiary alicyclic amines) is 1. The van der Waals surface area contributed by atoms with Gasteiger partial charge in [-0.25, -0.2) is 9.48 Å². The van der Waals surface area contributed by atoms with Crippen molar-refractivity contribution in [2.45, 2.75) is 45.1 Å². The van der Waals surface area contributed by atoms with Gasteiger partial charge in [0.2, 0.25) is 0 Å². The van der Waals surface area contributed by atoms with E-state index in [1.54, 1.807) is 28.8 Å². The summed E-state index contributed by atoms with van der Waals surface area (Å²) in [7, 11) is 1.56. The van der Waals surface area contributed by atoms with Gasteiger partial charge in [0.05, 0.1) is 34.7 Å². The number of nitro benzene ring substituents is 1. The second-order valence-corrected chi connectivity index (χ2v) is 9.12. The monoisotopic (exact) mass is 473 g/mol. The number of methoxy groups -OCH3 is 1. The summed E-state index contributed by atoms with van der Waals surface area (Å²) in [4.78, 5) is 37.6. The maximum absolute atomic E-state index is 12.9. The summed E-state index contributed by atoms with van der Waals surface area (Å²) in [5, 5.41) is 18.3. The van der Waals surface area contributed by atoms with Crippen LogP contribution in [0.5, 0.6) is 0 Å². The number of benzene rings is 1. The van der Waals surface area contributed by atoms with E-state index >= 15 is 0 Å². The second kappa shape index (κ2) is 10.6. The minimum absolute atomic E-state index is 0.0272. The Labute approximate surface area is 198 Å². The second-order valence-electron chi connectivity index (χ2n) is 9.12. The molecule has 1 aliphatic rings. The number of aromatic nitrogens is 2. The Bertz CT molecular complexity index is 1020. The highest BCUT2D eigenvalue weighted by atomic mass is 16.6. The van der Waals surface area contributed by atoms with Gasteiger partial charge in [0.15, 0.2) is 0 Å². The highest BCUT2D eigenvalue weighted by molar-refractivity contribution is 5.95. The van der Waals surface area contributed by atoms with Crippen LogP contribution in [-0.2, 0) is 9.47 Å². The molecule has 1 fully saturated rings. The van der Waals surface area contributed by atoms with Crippen LogP contribution in [0.15, 0.2) is 30.5 Å². The van der Waals surface area contributed by atoms with Gasteiger partial charge < -0.3 is 19.7 Å². The summed E-state index contributed by atoms with van der Waals surface area (Å²) in [5.74, 6) is -0.311. The summed E-state index contributed by atoms with van der Waals surface area (Å²) in [6.45, 7) is 7.19. The van der Waals surface area contributed by atoms with Gasteiger partial charge in [-0.1, -0.05) is 0 Å². The summed E-state index contributed by atoms with van der Waals surface area (Å²) in [6.07, 6.45) is 2.40. The van der Waals surface area contributed by atoms with Crippen LogP contribution in [0, 0.1) is 10.1 Å². The molecule has 34 heavy (non-hydrogen) atoms. The van der Waals surface area contributed by atoms with Crippen LogP contribution >= 0.6 is 0 Å². The van der Waals surface area contributed by atoms with Gasteiger partial charge in [0.1, 0.15) is 5.60 Å². The molecular weight excluding hydrogens is 442 g/mol. The first kappa shape index (κ1) is 25.2. The fourth-order valence-electron chi connectivity index (χ4n) is 3.87. The summed E-state index contributed by atoms with van der Waals surface area (Å²) < 4.78 is 12.1. The Hall–Kier alpha value is -3.47. The highest BCUT2D eigenvalue weighted by Gasteiger charge is 2.32. The number of hydrogen-bond donors (Lipinski definition) is 1. The molecule has 1 saturated heterocycles. The normalized spacial score (nSPS) is 14.6. The standard InChI is InChI=1S/C23H31N5O6/c1-23(2,3)34-22(30)26-12-9-16(10-13-26)20-19(21(29)24-11-14-33-4)15-25-27(20)17-5-7-18(8-6-17)28(31)32/h5-8,15-16H,9-14H2,1-4H3,(H,24,29). The van der Waals surface area contributed by atoms with Gasteiger partial charge in [-0.05, 0) is 45.7 Å². The van der Waals surface area contributed by atoms with Crippen LogP contribution < -0.4 is 5.32 Å². The van der Waals surface area contributed by atoms with Crippen molar-refractivity contribution in [2.75, 3.05) is 33.4 Å². The minimum Gasteiger partial charge on any atom is -0.444 e. The zero-order chi connectivity index (χ0) is 24.9. The molecule has 2 aromatic rings. The lowest BCUT2D eigenvalue weighted by Gasteiger charge is -2.34. The molecule has 2 heterocycles. The highest BCUT2D eigenvalue weighted by Crippen LogP contribution is 2.33. The topological polar surface area (TPSA) is 129 Å². The molecule has 1 aliphatic heterocycles. The van der Waals surface area contributed by atoms with Gasteiger partial charge in [0, 0.05) is 44.8 Å². The number of rotatable bonds is 7. The van der Waals surface area contributed by atoms with E-state index in [0.29, 0.717) is 56.0 Å². The van der Waals surface area contributed by atoms with E-state index in [9.17, 15) is 19.7 Å². The van der Waals surface area contributed by atoms with Crippen molar-refractivity contribution in [3.8, 4) is 5.69 Å². The Kier molecular flexibility index (Phi) is 7.87. The Morgan fingerprint density at radius 3 is 2.41 bits per heavy atom. The molecule has 0 saturated carbocycles. The molecule has 1 aromatic heterocycles. The lowest BCUT2D eigenvalue weighted by Crippen LogP contribution is -2.41. The van der Waals surface area contributed by atoms with Gasteiger partial charge in [-0.2, -0.15) is 5.10 Å². The third-order valence-electron chi connectivity index (χ3n) is 5.48. The molecule has 11 heteroatoms. The quantitative estimate of drug-likeness (QED) is 0.371. The fraction of sp³-hybridized carbons (Fsp3) is 0.522. The molecule has 0 unspecified atom stereocenters. The molecule has 0 bridgehead atoms. The zero-order valence-electron chi connectivity index (χ0n) is 19.9. The number of piperidine rings is 1.